The second kappa shape index (κ2) is 7.58. The summed E-state index contributed by atoms with van der Waals surface area (Å²) >= 11 is 6.22. The molecule has 160 valence electrons. The Kier molecular flexibility index (Phi) is 4.83. The van der Waals surface area contributed by atoms with E-state index in [1.165, 1.54) is 31.6 Å². The standard InChI is InChI=1S/C23H16ClN3O4S/c1-31-22-16(7-4-12-26-22)20-17-13-15(24)9-10-18(17)27(23(20)28)32(29,30)19-8-2-5-14-6-3-11-25-21(14)19/h2-13,20H,1H3. The number of nitrogens with zero attached hydrogens (tertiary/aromatic N) is 3. The highest BCUT2D eigenvalue weighted by molar-refractivity contribution is 7.93. The highest BCUT2D eigenvalue weighted by Gasteiger charge is 2.46. The number of benzene rings is 2. The summed E-state index contributed by atoms with van der Waals surface area (Å²) in [6, 6.07) is 16.4. The second-order valence-electron chi connectivity index (χ2n) is 7.18. The zero-order chi connectivity index (χ0) is 22.5. The molecule has 1 unspecified atom stereocenters. The Labute approximate surface area is 189 Å². The number of pyridine rings is 2. The Balaban J connectivity index is 1.74. The predicted octanol–water partition coefficient (Wildman–Crippen LogP) is 4.16. The Bertz CT molecular complexity index is 1480. The summed E-state index contributed by atoms with van der Waals surface area (Å²) in [7, 11) is -2.84. The van der Waals surface area contributed by atoms with E-state index in [0.29, 0.717) is 27.1 Å². The van der Waals surface area contributed by atoms with Gasteiger partial charge in [0.05, 0.1) is 24.2 Å². The Morgan fingerprint density at radius 3 is 2.53 bits per heavy atom. The molecular weight excluding hydrogens is 450 g/mol. The van der Waals surface area contributed by atoms with Gasteiger partial charge in [-0.2, -0.15) is 0 Å². The fourth-order valence-electron chi connectivity index (χ4n) is 4.04. The molecule has 1 atom stereocenters. The van der Waals surface area contributed by atoms with Crippen LogP contribution in [0.2, 0.25) is 5.02 Å². The molecule has 0 saturated carbocycles. The van der Waals surface area contributed by atoms with Crippen LogP contribution >= 0.6 is 11.6 Å². The van der Waals surface area contributed by atoms with Crippen molar-refractivity contribution >= 4 is 44.1 Å². The van der Waals surface area contributed by atoms with E-state index in [0.717, 1.165) is 4.31 Å². The molecule has 4 aromatic rings. The van der Waals surface area contributed by atoms with Crippen LogP contribution < -0.4 is 9.04 Å². The van der Waals surface area contributed by atoms with Gasteiger partial charge in [0.2, 0.25) is 5.88 Å². The van der Waals surface area contributed by atoms with Gasteiger partial charge in [-0.3, -0.25) is 9.78 Å². The molecule has 0 spiro atoms. The molecule has 32 heavy (non-hydrogen) atoms. The van der Waals surface area contributed by atoms with Crippen molar-refractivity contribution < 1.29 is 17.9 Å². The van der Waals surface area contributed by atoms with E-state index >= 15 is 0 Å². The minimum atomic E-state index is -4.28. The van der Waals surface area contributed by atoms with Crippen molar-refractivity contribution in [3.63, 3.8) is 0 Å². The number of carbonyl (C=O) groups is 1. The lowest BCUT2D eigenvalue weighted by molar-refractivity contribution is -0.117. The third-order valence-electron chi connectivity index (χ3n) is 5.39. The summed E-state index contributed by atoms with van der Waals surface area (Å²) in [5.41, 5.74) is 1.45. The maximum atomic E-state index is 13.8. The largest absolute Gasteiger partial charge is 0.481 e. The van der Waals surface area contributed by atoms with E-state index in [9.17, 15) is 13.2 Å². The van der Waals surface area contributed by atoms with Gasteiger partial charge in [0.1, 0.15) is 4.90 Å². The fraction of sp³-hybridized carbons (Fsp3) is 0.0870. The number of rotatable bonds is 4. The Morgan fingerprint density at radius 2 is 1.72 bits per heavy atom. The zero-order valence-corrected chi connectivity index (χ0v) is 18.3. The number of anilines is 1. The molecule has 5 rings (SSSR count). The van der Waals surface area contributed by atoms with Crippen LogP contribution in [0.25, 0.3) is 10.9 Å². The molecule has 1 aliphatic heterocycles. The molecule has 9 heteroatoms. The third-order valence-corrected chi connectivity index (χ3v) is 7.36. The number of aromatic nitrogens is 2. The third kappa shape index (κ3) is 3.03. The van der Waals surface area contributed by atoms with Gasteiger partial charge in [0.15, 0.2) is 0 Å². The first-order valence-electron chi connectivity index (χ1n) is 9.65. The van der Waals surface area contributed by atoms with Crippen molar-refractivity contribution in [1.29, 1.82) is 0 Å². The van der Waals surface area contributed by atoms with Gasteiger partial charge in [0.25, 0.3) is 15.9 Å². The van der Waals surface area contributed by atoms with Crippen molar-refractivity contribution in [3.05, 3.63) is 89.2 Å². The molecule has 2 aromatic carbocycles. The maximum Gasteiger partial charge on any atom is 0.273 e. The van der Waals surface area contributed by atoms with Gasteiger partial charge in [-0.15, -0.1) is 0 Å². The number of carbonyl (C=O) groups excluding carboxylic acids is 1. The number of methoxy groups -OCH3 is 1. The number of sulfonamides is 1. The summed E-state index contributed by atoms with van der Waals surface area (Å²) in [5.74, 6) is -1.34. The Morgan fingerprint density at radius 1 is 0.969 bits per heavy atom. The van der Waals surface area contributed by atoms with E-state index in [1.54, 1.807) is 48.5 Å². The van der Waals surface area contributed by atoms with Gasteiger partial charge in [-0.1, -0.05) is 35.9 Å². The quantitative estimate of drug-likeness (QED) is 0.449. The number of fused-ring (bicyclic) bond motifs is 2. The van der Waals surface area contributed by atoms with Crippen LogP contribution in [-0.4, -0.2) is 31.4 Å². The lowest BCUT2D eigenvalue weighted by Crippen LogP contribution is -2.35. The number of hydrogen-bond acceptors (Lipinski definition) is 6. The van der Waals surface area contributed by atoms with Gasteiger partial charge >= 0.3 is 0 Å². The lowest BCUT2D eigenvalue weighted by atomic mass is 9.93. The van der Waals surface area contributed by atoms with Crippen LogP contribution in [0, 0.1) is 0 Å². The van der Waals surface area contributed by atoms with Crippen LogP contribution in [0.4, 0.5) is 5.69 Å². The SMILES string of the molecule is COc1ncccc1C1C(=O)N(S(=O)(=O)c2cccc3cccnc23)c2ccc(Cl)cc21. The van der Waals surface area contributed by atoms with Crippen molar-refractivity contribution in [2.45, 2.75) is 10.8 Å². The van der Waals surface area contributed by atoms with Crippen LogP contribution in [0.15, 0.2) is 78.0 Å². The first-order valence-corrected chi connectivity index (χ1v) is 11.5. The van der Waals surface area contributed by atoms with Crippen LogP contribution in [0.5, 0.6) is 5.88 Å². The average molecular weight is 466 g/mol. The lowest BCUT2D eigenvalue weighted by Gasteiger charge is -2.19. The number of amides is 1. The van der Waals surface area contributed by atoms with E-state index in [1.807, 2.05) is 0 Å². The molecule has 1 aliphatic rings. The number of para-hydroxylation sites is 1. The van der Waals surface area contributed by atoms with E-state index in [4.69, 9.17) is 16.3 Å². The summed E-state index contributed by atoms with van der Waals surface area (Å²) < 4.78 is 33.8. The van der Waals surface area contributed by atoms with Gasteiger partial charge in [-0.25, -0.2) is 17.7 Å². The van der Waals surface area contributed by atoms with Crippen LogP contribution in [0.3, 0.4) is 0 Å². The monoisotopic (exact) mass is 465 g/mol. The highest BCUT2D eigenvalue weighted by Crippen LogP contribution is 2.46. The van der Waals surface area contributed by atoms with Crippen molar-refractivity contribution in [3.8, 4) is 5.88 Å². The fourth-order valence-corrected chi connectivity index (χ4v) is 5.85. The molecular formula is C23H16ClN3O4S. The first-order chi connectivity index (χ1) is 15.4. The molecule has 7 nitrogen and oxygen atoms in total. The highest BCUT2D eigenvalue weighted by atomic mass is 35.5. The molecule has 3 heterocycles. The van der Waals surface area contributed by atoms with Gasteiger partial charge in [-0.05, 0) is 42.0 Å². The predicted molar refractivity (Wildman–Crippen MR) is 120 cm³/mol. The van der Waals surface area contributed by atoms with Crippen molar-refractivity contribution in [2.75, 3.05) is 11.4 Å². The van der Waals surface area contributed by atoms with E-state index in [-0.39, 0.29) is 16.5 Å². The summed E-state index contributed by atoms with van der Waals surface area (Å²) in [6.45, 7) is 0. The summed E-state index contributed by atoms with van der Waals surface area (Å²) in [6.07, 6.45) is 3.06. The maximum absolute atomic E-state index is 13.8. The molecule has 0 aliphatic carbocycles. The van der Waals surface area contributed by atoms with E-state index < -0.39 is 21.8 Å². The molecule has 1 amide bonds. The topological polar surface area (TPSA) is 89.5 Å². The van der Waals surface area contributed by atoms with Crippen molar-refractivity contribution in [1.82, 2.24) is 9.97 Å². The Hall–Kier alpha value is -3.49. The number of halogens is 1. The van der Waals surface area contributed by atoms with Crippen LogP contribution in [0.1, 0.15) is 17.0 Å². The second-order valence-corrected chi connectivity index (χ2v) is 9.37. The van der Waals surface area contributed by atoms with Gasteiger partial charge < -0.3 is 4.74 Å². The van der Waals surface area contributed by atoms with Gasteiger partial charge in [0, 0.05) is 28.4 Å². The number of ether oxygens (including phenoxy) is 1. The normalized spacial score (nSPS) is 15.8. The smallest absolute Gasteiger partial charge is 0.273 e. The minimum absolute atomic E-state index is 0.0522. The molecule has 0 radical (unpaired) electrons. The summed E-state index contributed by atoms with van der Waals surface area (Å²) in [5, 5.41) is 1.04. The number of hydrogen-bond donors (Lipinski definition) is 0. The molecule has 0 saturated heterocycles. The summed E-state index contributed by atoms with van der Waals surface area (Å²) in [4.78, 5) is 22.1. The molecule has 0 bridgehead atoms. The minimum Gasteiger partial charge on any atom is -0.481 e. The van der Waals surface area contributed by atoms with E-state index in [2.05, 4.69) is 9.97 Å². The van der Waals surface area contributed by atoms with Crippen LogP contribution in [-0.2, 0) is 14.8 Å². The van der Waals surface area contributed by atoms with Crippen molar-refractivity contribution in [2.24, 2.45) is 0 Å². The average Bonchev–Trinajstić information content (AvgIpc) is 3.10. The molecule has 0 fully saturated rings. The molecule has 0 N–H and O–H groups in total. The molecule has 2 aromatic heterocycles. The zero-order valence-electron chi connectivity index (χ0n) is 16.8. The first kappa shape index (κ1) is 20.4.